The van der Waals surface area contributed by atoms with Gasteiger partial charge in [-0.1, -0.05) is 12.5 Å². The highest BCUT2D eigenvalue weighted by atomic mass is 19.1. The number of aliphatic hydroxyl groups is 2. The first-order valence-electron chi connectivity index (χ1n) is 15.3. The van der Waals surface area contributed by atoms with Gasteiger partial charge < -0.3 is 24.8 Å². The van der Waals surface area contributed by atoms with Crippen LogP contribution in [0.3, 0.4) is 0 Å². The first kappa shape index (κ1) is 29.2. The van der Waals surface area contributed by atoms with Crippen molar-refractivity contribution in [3.63, 3.8) is 0 Å². The maximum Gasteiger partial charge on any atom is 0.223 e. The number of halogens is 1. The smallest absolute Gasteiger partial charge is 0.223 e. The van der Waals surface area contributed by atoms with Gasteiger partial charge in [-0.05, 0) is 71.4 Å². The highest BCUT2D eigenvalue weighted by molar-refractivity contribution is 5.89. The number of hydrogen-bond acceptors (Lipinski definition) is 8. The molecule has 5 heterocycles. The van der Waals surface area contributed by atoms with Crippen LogP contribution in [0.4, 0.5) is 10.3 Å². The van der Waals surface area contributed by atoms with Crippen molar-refractivity contribution in [3.8, 4) is 11.3 Å². The molecule has 0 amide bonds. The maximum absolute atomic E-state index is 15.3. The van der Waals surface area contributed by atoms with Crippen LogP contribution in [-0.2, 0) is 11.3 Å². The van der Waals surface area contributed by atoms with E-state index in [2.05, 4.69) is 38.6 Å². The van der Waals surface area contributed by atoms with Gasteiger partial charge in [-0.25, -0.2) is 14.4 Å². The number of pyridine rings is 1. The predicted octanol–water partition coefficient (Wildman–Crippen LogP) is 4.23. The van der Waals surface area contributed by atoms with Crippen molar-refractivity contribution in [2.24, 2.45) is 0 Å². The Morgan fingerprint density at radius 1 is 1.12 bits per heavy atom. The van der Waals surface area contributed by atoms with Crippen molar-refractivity contribution in [2.75, 3.05) is 18.5 Å². The van der Waals surface area contributed by atoms with Crippen LogP contribution >= 0.6 is 0 Å². The summed E-state index contributed by atoms with van der Waals surface area (Å²) in [6.07, 6.45) is 5.60. The Balaban J connectivity index is 1.45. The molecule has 3 aliphatic rings. The van der Waals surface area contributed by atoms with Crippen molar-refractivity contribution in [2.45, 2.75) is 109 Å². The molecule has 42 heavy (non-hydrogen) atoms. The van der Waals surface area contributed by atoms with E-state index in [0.29, 0.717) is 42.6 Å². The van der Waals surface area contributed by atoms with Crippen LogP contribution in [0.1, 0.15) is 75.2 Å². The number of aryl methyl sites for hydroxylation is 1. The molecule has 2 unspecified atom stereocenters. The fourth-order valence-electron chi connectivity index (χ4n) is 7.43. The molecule has 2 bridgehead atoms. The summed E-state index contributed by atoms with van der Waals surface area (Å²) in [5, 5.41) is 24.5. The number of fused-ring (bicyclic) bond motifs is 3. The van der Waals surface area contributed by atoms with Gasteiger partial charge in [0.05, 0.1) is 36.6 Å². The highest BCUT2D eigenvalue weighted by Gasteiger charge is 2.38. The van der Waals surface area contributed by atoms with Crippen LogP contribution in [-0.4, -0.2) is 73.2 Å². The third-order valence-corrected chi connectivity index (χ3v) is 9.57. The highest BCUT2D eigenvalue weighted by Crippen LogP contribution is 2.37. The molecule has 3 aromatic rings. The normalized spacial score (nSPS) is 26.6. The van der Waals surface area contributed by atoms with Gasteiger partial charge in [0, 0.05) is 53.5 Å². The van der Waals surface area contributed by atoms with Gasteiger partial charge >= 0.3 is 0 Å². The van der Waals surface area contributed by atoms with Gasteiger partial charge in [0.2, 0.25) is 5.95 Å². The number of nitrogens with one attached hydrogen (secondary N) is 1. The van der Waals surface area contributed by atoms with E-state index in [-0.39, 0.29) is 41.9 Å². The molecule has 9 nitrogen and oxygen atoms in total. The molecule has 0 saturated carbocycles. The molecule has 2 aromatic heterocycles. The minimum atomic E-state index is -0.705. The maximum atomic E-state index is 15.3. The molecule has 3 fully saturated rings. The third-order valence-electron chi connectivity index (χ3n) is 9.57. The number of hydrogen-bond donors (Lipinski definition) is 3. The van der Waals surface area contributed by atoms with Crippen LogP contribution in [0.2, 0.25) is 0 Å². The standard InChI is InChI=1S/C32H42FN5O4/c1-17(2)38-27(15-37-20-6-5-7-21(37)13-22(39)12-20)19(4)31(41)24-9-8-23(18(3)30(24)38)29-25(33)14-34-32(36-29)35-26-10-11-42-16-28(26)40/h8-9,14,17,20-22,26,28,39-40H,5-7,10-13,15-16H2,1-4H3,(H,34,35,36)/t20?,21?,22?,26-,28-/m1/s1. The van der Waals surface area contributed by atoms with Crippen LogP contribution in [0.15, 0.2) is 23.1 Å². The van der Waals surface area contributed by atoms with E-state index in [1.54, 1.807) is 12.1 Å². The number of nitrogens with zero attached hydrogens (tertiary/aromatic N) is 4. The Bertz CT molecular complexity index is 1530. The average molecular weight is 580 g/mol. The predicted molar refractivity (Wildman–Crippen MR) is 160 cm³/mol. The monoisotopic (exact) mass is 579 g/mol. The number of aliphatic hydroxyl groups excluding tert-OH is 2. The molecule has 10 heteroatoms. The molecule has 3 N–H and O–H groups in total. The van der Waals surface area contributed by atoms with Gasteiger partial charge in [-0.15, -0.1) is 0 Å². The summed E-state index contributed by atoms with van der Waals surface area (Å²) in [4.78, 5) is 25.0. The summed E-state index contributed by atoms with van der Waals surface area (Å²) in [6.45, 7) is 9.46. The molecular weight excluding hydrogens is 537 g/mol. The Morgan fingerprint density at radius 3 is 2.55 bits per heavy atom. The number of aromatic nitrogens is 3. The number of ether oxygens (including phenoxy) is 1. The lowest BCUT2D eigenvalue weighted by atomic mass is 9.82. The SMILES string of the molecule is Cc1c(CN2C3CCCC2CC(O)C3)n(C(C)C)c2c(C)c(-c3nc(N[C@@H]4CCOC[C@H]4O)ncc3F)ccc2c1=O. The molecule has 0 radical (unpaired) electrons. The summed E-state index contributed by atoms with van der Waals surface area (Å²) in [5.41, 5.74) is 4.04. The minimum Gasteiger partial charge on any atom is -0.393 e. The van der Waals surface area contributed by atoms with Gasteiger partial charge in [0.1, 0.15) is 5.69 Å². The molecule has 1 aromatic carbocycles. The van der Waals surface area contributed by atoms with Gasteiger partial charge in [0.25, 0.3) is 0 Å². The van der Waals surface area contributed by atoms with Crippen LogP contribution in [0.25, 0.3) is 22.2 Å². The quantitative estimate of drug-likeness (QED) is 0.398. The van der Waals surface area contributed by atoms with E-state index in [1.807, 2.05) is 13.8 Å². The lowest BCUT2D eigenvalue weighted by molar-refractivity contribution is -0.0325. The summed E-state index contributed by atoms with van der Waals surface area (Å²) >= 11 is 0. The topological polar surface area (TPSA) is 113 Å². The van der Waals surface area contributed by atoms with E-state index in [4.69, 9.17) is 4.74 Å². The molecule has 4 atom stereocenters. The van der Waals surface area contributed by atoms with Gasteiger partial charge in [-0.3, -0.25) is 9.69 Å². The average Bonchev–Trinajstić information content (AvgIpc) is 2.94. The van der Waals surface area contributed by atoms with Crippen molar-refractivity contribution in [3.05, 3.63) is 51.2 Å². The fraction of sp³-hybridized carbons (Fsp3) is 0.594. The molecule has 3 aliphatic heterocycles. The van der Waals surface area contributed by atoms with Crippen molar-refractivity contribution < 1.29 is 19.3 Å². The number of benzene rings is 1. The van der Waals surface area contributed by atoms with Gasteiger partial charge in [0.15, 0.2) is 11.2 Å². The molecule has 226 valence electrons. The van der Waals surface area contributed by atoms with Crippen LogP contribution < -0.4 is 10.7 Å². The van der Waals surface area contributed by atoms with E-state index in [0.717, 1.165) is 54.2 Å². The van der Waals surface area contributed by atoms with E-state index in [1.165, 1.54) is 6.42 Å². The first-order chi connectivity index (χ1) is 20.1. The summed E-state index contributed by atoms with van der Waals surface area (Å²) in [6, 6.07) is 3.94. The van der Waals surface area contributed by atoms with E-state index in [9.17, 15) is 15.0 Å². The number of anilines is 1. The summed E-state index contributed by atoms with van der Waals surface area (Å²) in [7, 11) is 0. The van der Waals surface area contributed by atoms with E-state index >= 15 is 4.39 Å². The van der Waals surface area contributed by atoms with Crippen molar-refractivity contribution in [1.82, 2.24) is 19.4 Å². The minimum absolute atomic E-state index is 0.00669. The fourth-order valence-corrected chi connectivity index (χ4v) is 7.43. The second kappa shape index (κ2) is 11.6. The zero-order valence-electron chi connectivity index (χ0n) is 24.9. The zero-order valence-corrected chi connectivity index (χ0v) is 24.9. The van der Waals surface area contributed by atoms with E-state index < -0.39 is 11.9 Å². The Morgan fingerprint density at radius 2 is 1.86 bits per heavy atom. The van der Waals surface area contributed by atoms with Crippen LogP contribution in [0, 0.1) is 19.7 Å². The molecule has 3 saturated heterocycles. The Hall–Kier alpha value is -2.92. The van der Waals surface area contributed by atoms with Crippen molar-refractivity contribution >= 4 is 16.9 Å². The second-order valence-electron chi connectivity index (χ2n) is 12.6. The third kappa shape index (κ3) is 5.23. The lowest BCUT2D eigenvalue weighted by Gasteiger charge is -2.48. The molecular formula is C32H42FN5O4. The number of rotatable bonds is 6. The first-order valence-corrected chi connectivity index (χ1v) is 15.3. The van der Waals surface area contributed by atoms with Crippen LogP contribution in [0.5, 0.6) is 0 Å². The Kier molecular flexibility index (Phi) is 8.08. The zero-order chi connectivity index (χ0) is 29.7. The Labute approximate surface area is 245 Å². The molecule has 0 spiro atoms. The molecule has 6 rings (SSSR count). The van der Waals surface area contributed by atoms with Gasteiger partial charge in [-0.2, -0.15) is 0 Å². The summed E-state index contributed by atoms with van der Waals surface area (Å²) in [5.74, 6) is -0.317. The largest absolute Gasteiger partial charge is 0.393 e. The van der Waals surface area contributed by atoms with Crippen molar-refractivity contribution in [1.29, 1.82) is 0 Å². The molecule has 0 aliphatic carbocycles. The summed E-state index contributed by atoms with van der Waals surface area (Å²) < 4.78 is 22.9. The lowest BCUT2D eigenvalue weighted by Crippen LogP contribution is -2.53. The number of piperidine rings is 2. The second-order valence-corrected chi connectivity index (χ2v) is 12.6.